The molecule has 1 aliphatic rings. The van der Waals surface area contributed by atoms with Crippen molar-refractivity contribution in [1.29, 1.82) is 0 Å². The molecule has 21 heavy (non-hydrogen) atoms. The van der Waals surface area contributed by atoms with E-state index < -0.39 is 5.97 Å². The van der Waals surface area contributed by atoms with Gasteiger partial charge in [0.2, 0.25) is 11.8 Å². The van der Waals surface area contributed by atoms with E-state index in [9.17, 15) is 14.4 Å². The highest BCUT2D eigenvalue weighted by atomic mass is 32.2. The number of benzene rings is 1. The lowest BCUT2D eigenvalue weighted by Crippen LogP contribution is -2.38. The normalized spacial score (nSPS) is 14.3. The number of nitrogens with zero attached hydrogens (tertiary/aromatic N) is 1. The van der Waals surface area contributed by atoms with Crippen molar-refractivity contribution < 1.29 is 19.5 Å². The molecule has 0 atom stereocenters. The van der Waals surface area contributed by atoms with Crippen molar-refractivity contribution in [3.63, 3.8) is 0 Å². The molecule has 0 bridgehead atoms. The monoisotopic (exact) mass is 308 g/mol. The first-order chi connectivity index (χ1) is 10.1. The topological polar surface area (TPSA) is 86.7 Å². The molecule has 1 saturated heterocycles. The first-order valence-corrected chi connectivity index (χ1v) is 7.66. The number of rotatable bonds is 6. The minimum absolute atomic E-state index is 0.000547. The molecule has 0 unspecified atom stereocenters. The lowest BCUT2D eigenvalue weighted by atomic mass is 10.1. The Bertz CT molecular complexity index is 544. The van der Waals surface area contributed by atoms with Crippen LogP contribution >= 0.6 is 11.8 Å². The molecule has 6 nitrogen and oxygen atoms in total. The van der Waals surface area contributed by atoms with Crippen molar-refractivity contribution in [2.24, 2.45) is 0 Å². The largest absolute Gasteiger partial charge is 0.478 e. The van der Waals surface area contributed by atoms with E-state index in [4.69, 9.17) is 5.11 Å². The number of carbonyl (C=O) groups is 3. The molecule has 112 valence electrons. The van der Waals surface area contributed by atoms with E-state index in [0.717, 1.165) is 5.56 Å². The molecule has 0 radical (unpaired) electrons. The van der Waals surface area contributed by atoms with E-state index >= 15 is 0 Å². The molecular formula is C14H16N2O4S. The zero-order valence-corrected chi connectivity index (χ0v) is 12.2. The first-order valence-electron chi connectivity index (χ1n) is 6.50. The van der Waals surface area contributed by atoms with Crippen LogP contribution < -0.4 is 5.32 Å². The molecule has 2 N–H and O–H groups in total. The number of nitrogens with one attached hydrogen (secondary N) is 1. The number of thioether (sulfide) groups is 1. The van der Waals surface area contributed by atoms with Gasteiger partial charge < -0.3 is 15.3 Å². The predicted molar refractivity (Wildman–Crippen MR) is 79.2 cm³/mol. The van der Waals surface area contributed by atoms with Crippen molar-refractivity contribution in [2.45, 2.75) is 6.42 Å². The van der Waals surface area contributed by atoms with Crippen molar-refractivity contribution in [3.8, 4) is 0 Å². The van der Waals surface area contributed by atoms with Crippen molar-refractivity contribution in [1.82, 2.24) is 10.2 Å². The summed E-state index contributed by atoms with van der Waals surface area (Å²) in [6, 6.07) is 6.55. The van der Waals surface area contributed by atoms with Gasteiger partial charge in [0.1, 0.15) is 6.54 Å². The number of hydrogen-bond donors (Lipinski definition) is 2. The summed E-state index contributed by atoms with van der Waals surface area (Å²) >= 11 is 1.51. The van der Waals surface area contributed by atoms with E-state index in [-0.39, 0.29) is 23.9 Å². The number of carboxylic acid groups (broad SMARTS) is 1. The van der Waals surface area contributed by atoms with Gasteiger partial charge in [0.25, 0.3) is 0 Å². The summed E-state index contributed by atoms with van der Waals surface area (Å²) < 4.78 is 0. The van der Waals surface area contributed by atoms with Crippen LogP contribution in [0.5, 0.6) is 0 Å². The Hall–Kier alpha value is -2.02. The van der Waals surface area contributed by atoms with Crippen molar-refractivity contribution >= 4 is 29.5 Å². The van der Waals surface area contributed by atoms with Crippen LogP contribution in [0.2, 0.25) is 0 Å². The molecule has 0 saturated carbocycles. The standard InChI is InChI=1S/C14H16N2O4S/c17-12(7-16-9-21-8-13(16)18)15-6-5-10-1-3-11(4-2-10)14(19)20/h1-4H,5-9H2,(H,15,17)(H,19,20). The molecule has 2 rings (SSSR count). The third-order valence-corrected chi connectivity index (χ3v) is 4.04. The fourth-order valence-electron chi connectivity index (χ4n) is 1.93. The maximum Gasteiger partial charge on any atom is 0.335 e. The van der Waals surface area contributed by atoms with Crippen LogP contribution in [0.3, 0.4) is 0 Å². The fraction of sp³-hybridized carbons (Fsp3) is 0.357. The second-order valence-corrected chi connectivity index (χ2v) is 5.63. The zero-order valence-electron chi connectivity index (χ0n) is 11.4. The average Bonchev–Trinajstić information content (AvgIpc) is 2.85. The van der Waals surface area contributed by atoms with Crippen LogP contribution in [-0.2, 0) is 16.0 Å². The van der Waals surface area contributed by atoms with Gasteiger partial charge in [-0.05, 0) is 24.1 Å². The molecule has 0 aromatic heterocycles. The van der Waals surface area contributed by atoms with Gasteiger partial charge in [0, 0.05) is 6.54 Å². The Kier molecular flexibility index (Phi) is 5.21. The highest BCUT2D eigenvalue weighted by Gasteiger charge is 2.22. The van der Waals surface area contributed by atoms with Crippen LogP contribution in [-0.4, -0.2) is 52.5 Å². The third kappa shape index (κ3) is 4.49. The predicted octanol–water partition coefficient (Wildman–Crippen LogP) is 0.576. The van der Waals surface area contributed by atoms with E-state index in [1.807, 2.05) is 0 Å². The van der Waals surface area contributed by atoms with Crippen LogP contribution in [0.25, 0.3) is 0 Å². The van der Waals surface area contributed by atoms with Crippen LogP contribution in [0.15, 0.2) is 24.3 Å². The van der Waals surface area contributed by atoms with Crippen molar-refractivity contribution in [2.75, 3.05) is 24.7 Å². The number of aromatic carboxylic acids is 1. The lowest BCUT2D eigenvalue weighted by Gasteiger charge is -2.14. The molecule has 1 aromatic rings. The quantitative estimate of drug-likeness (QED) is 0.802. The highest BCUT2D eigenvalue weighted by Crippen LogP contribution is 2.13. The van der Waals surface area contributed by atoms with Gasteiger partial charge in [-0.15, -0.1) is 11.8 Å². The Labute approximate surface area is 126 Å². The summed E-state index contributed by atoms with van der Waals surface area (Å²) in [6.45, 7) is 0.560. The van der Waals surface area contributed by atoms with Crippen LogP contribution in [0.1, 0.15) is 15.9 Å². The van der Waals surface area contributed by atoms with E-state index in [1.165, 1.54) is 16.7 Å². The molecule has 1 heterocycles. The van der Waals surface area contributed by atoms with E-state index in [1.54, 1.807) is 24.3 Å². The summed E-state index contributed by atoms with van der Waals surface area (Å²) in [7, 11) is 0. The first kappa shape index (κ1) is 15.4. The zero-order chi connectivity index (χ0) is 15.2. The number of carbonyl (C=O) groups excluding carboxylic acids is 2. The van der Waals surface area contributed by atoms with Gasteiger partial charge in [-0.3, -0.25) is 9.59 Å². The van der Waals surface area contributed by atoms with Crippen molar-refractivity contribution in [3.05, 3.63) is 35.4 Å². The summed E-state index contributed by atoms with van der Waals surface area (Å²) in [5, 5.41) is 11.5. The van der Waals surface area contributed by atoms with Gasteiger partial charge in [-0.1, -0.05) is 12.1 Å². The molecule has 1 fully saturated rings. The molecule has 0 aliphatic carbocycles. The maximum absolute atomic E-state index is 11.7. The van der Waals surface area contributed by atoms with Crippen LogP contribution in [0, 0.1) is 0 Å². The summed E-state index contributed by atoms with van der Waals surface area (Å²) in [5.74, 6) is -0.109. The molecule has 1 aromatic carbocycles. The SMILES string of the molecule is O=C(CN1CSCC1=O)NCCc1ccc(C(=O)O)cc1. The minimum atomic E-state index is -0.956. The van der Waals surface area contributed by atoms with Gasteiger partial charge in [0.15, 0.2) is 0 Å². The van der Waals surface area contributed by atoms with Crippen LogP contribution in [0.4, 0.5) is 0 Å². The third-order valence-electron chi connectivity index (χ3n) is 3.10. The van der Waals surface area contributed by atoms with Gasteiger partial charge in [0.05, 0.1) is 17.2 Å². The Balaban J connectivity index is 1.72. The molecule has 2 amide bonds. The lowest BCUT2D eigenvalue weighted by molar-refractivity contribution is -0.132. The number of hydrogen-bond acceptors (Lipinski definition) is 4. The Morgan fingerprint density at radius 1 is 1.29 bits per heavy atom. The minimum Gasteiger partial charge on any atom is -0.478 e. The molecule has 7 heteroatoms. The number of amides is 2. The second kappa shape index (κ2) is 7.12. The van der Waals surface area contributed by atoms with Gasteiger partial charge in [-0.25, -0.2) is 4.79 Å². The summed E-state index contributed by atoms with van der Waals surface area (Å²) in [4.78, 5) is 35.3. The second-order valence-electron chi connectivity index (χ2n) is 4.67. The maximum atomic E-state index is 11.7. The van der Waals surface area contributed by atoms with Gasteiger partial charge in [-0.2, -0.15) is 0 Å². The smallest absolute Gasteiger partial charge is 0.335 e. The number of carboxylic acids is 1. The summed E-state index contributed by atoms with van der Waals surface area (Å²) in [5.41, 5.74) is 1.20. The van der Waals surface area contributed by atoms with Gasteiger partial charge >= 0.3 is 5.97 Å². The highest BCUT2D eigenvalue weighted by molar-refractivity contribution is 8.00. The Morgan fingerprint density at radius 3 is 2.57 bits per heavy atom. The van der Waals surface area contributed by atoms with E-state index in [0.29, 0.717) is 24.6 Å². The Morgan fingerprint density at radius 2 is 2.00 bits per heavy atom. The molecular weight excluding hydrogens is 292 g/mol. The molecule has 1 aliphatic heterocycles. The fourth-order valence-corrected chi connectivity index (χ4v) is 2.83. The molecule has 0 spiro atoms. The van der Waals surface area contributed by atoms with E-state index in [2.05, 4.69) is 5.32 Å². The average molecular weight is 308 g/mol. The summed E-state index contributed by atoms with van der Waals surface area (Å²) in [6.07, 6.45) is 0.619.